The maximum atomic E-state index is 12.2. The molecule has 116 valence electrons. The van der Waals surface area contributed by atoms with Crippen molar-refractivity contribution in [3.63, 3.8) is 0 Å². The summed E-state index contributed by atoms with van der Waals surface area (Å²) in [6.45, 7) is 4.25. The standard InChI is InChI=1S/C13H10N2O4.C3H8/c16-10-6-5-9(11(17)14-10)15-12(18)7-3-1-2-4-8(7)13(15)19;1-3-2/h1-4,9H,5-6H2,(H,14,16,17);3H2,1-2H3. The number of rotatable bonds is 1. The van der Waals surface area contributed by atoms with Crippen molar-refractivity contribution in [3.05, 3.63) is 35.4 Å². The quantitative estimate of drug-likeness (QED) is 0.797. The van der Waals surface area contributed by atoms with E-state index in [0.717, 1.165) is 4.90 Å². The molecule has 4 amide bonds. The summed E-state index contributed by atoms with van der Waals surface area (Å²) >= 11 is 0. The Morgan fingerprint density at radius 1 is 1.05 bits per heavy atom. The number of amides is 4. The number of hydrogen-bond acceptors (Lipinski definition) is 4. The Labute approximate surface area is 128 Å². The van der Waals surface area contributed by atoms with Crippen molar-refractivity contribution >= 4 is 23.6 Å². The van der Waals surface area contributed by atoms with Gasteiger partial charge in [0.25, 0.3) is 11.8 Å². The normalized spacial score (nSPS) is 20.3. The fourth-order valence-corrected chi connectivity index (χ4v) is 2.42. The molecule has 0 aliphatic carbocycles. The van der Waals surface area contributed by atoms with Crippen LogP contribution in [0, 0.1) is 0 Å². The molecule has 22 heavy (non-hydrogen) atoms. The summed E-state index contributed by atoms with van der Waals surface area (Å²) < 4.78 is 0. The first-order valence-electron chi connectivity index (χ1n) is 7.31. The smallest absolute Gasteiger partial charge is 0.262 e. The molecule has 1 saturated heterocycles. The van der Waals surface area contributed by atoms with Gasteiger partial charge in [-0.15, -0.1) is 0 Å². The third-order valence-electron chi connectivity index (χ3n) is 3.35. The fourth-order valence-electron chi connectivity index (χ4n) is 2.42. The zero-order valence-electron chi connectivity index (χ0n) is 12.6. The van der Waals surface area contributed by atoms with Crippen LogP contribution in [0.25, 0.3) is 0 Å². The van der Waals surface area contributed by atoms with Crippen LogP contribution in [0.3, 0.4) is 0 Å². The molecule has 0 bridgehead atoms. The van der Waals surface area contributed by atoms with Crippen LogP contribution in [-0.4, -0.2) is 34.6 Å². The van der Waals surface area contributed by atoms with E-state index in [1.54, 1.807) is 24.3 Å². The third-order valence-corrected chi connectivity index (χ3v) is 3.35. The predicted octanol–water partition coefficient (Wildman–Crippen LogP) is 1.50. The molecule has 1 atom stereocenters. The summed E-state index contributed by atoms with van der Waals surface area (Å²) in [6, 6.07) is 5.55. The second-order valence-electron chi connectivity index (χ2n) is 5.20. The van der Waals surface area contributed by atoms with Crippen molar-refractivity contribution in [2.75, 3.05) is 0 Å². The van der Waals surface area contributed by atoms with E-state index in [9.17, 15) is 19.2 Å². The monoisotopic (exact) mass is 302 g/mol. The Balaban J connectivity index is 0.000000545. The number of carbonyl (C=O) groups excluding carboxylic acids is 4. The molecule has 6 nitrogen and oxygen atoms in total. The molecule has 1 aromatic carbocycles. The number of benzene rings is 1. The summed E-state index contributed by atoms with van der Waals surface area (Å²) in [5.74, 6) is -1.92. The Morgan fingerprint density at radius 2 is 1.55 bits per heavy atom. The first kappa shape index (κ1) is 15.9. The Morgan fingerprint density at radius 3 is 2.00 bits per heavy atom. The second kappa shape index (κ2) is 6.51. The summed E-state index contributed by atoms with van der Waals surface area (Å²) in [5.41, 5.74) is 0.606. The molecule has 2 heterocycles. The zero-order valence-corrected chi connectivity index (χ0v) is 12.6. The molecule has 0 radical (unpaired) electrons. The van der Waals surface area contributed by atoms with Gasteiger partial charge in [0, 0.05) is 6.42 Å². The van der Waals surface area contributed by atoms with Crippen LogP contribution in [0.2, 0.25) is 0 Å². The van der Waals surface area contributed by atoms with Gasteiger partial charge in [-0.05, 0) is 18.6 Å². The van der Waals surface area contributed by atoms with Crippen LogP contribution < -0.4 is 5.32 Å². The summed E-state index contributed by atoms with van der Waals surface area (Å²) in [5, 5.41) is 2.15. The van der Waals surface area contributed by atoms with Crippen LogP contribution in [0.4, 0.5) is 0 Å². The zero-order chi connectivity index (χ0) is 16.3. The highest BCUT2D eigenvalue weighted by molar-refractivity contribution is 6.23. The molecular formula is C16H18N2O4. The first-order chi connectivity index (χ1) is 10.5. The molecule has 0 spiro atoms. The van der Waals surface area contributed by atoms with Crippen LogP contribution in [0.1, 0.15) is 53.8 Å². The average Bonchev–Trinajstić information content (AvgIpc) is 2.73. The number of fused-ring (bicyclic) bond motifs is 1. The minimum atomic E-state index is -0.898. The number of imide groups is 2. The highest BCUT2D eigenvalue weighted by Gasteiger charge is 2.44. The Bertz CT molecular complexity index is 604. The van der Waals surface area contributed by atoms with E-state index in [1.807, 2.05) is 0 Å². The number of nitrogens with zero attached hydrogens (tertiary/aromatic N) is 1. The number of carbonyl (C=O) groups is 4. The van der Waals surface area contributed by atoms with Crippen LogP contribution in [0.5, 0.6) is 0 Å². The minimum Gasteiger partial charge on any atom is -0.295 e. The van der Waals surface area contributed by atoms with E-state index in [1.165, 1.54) is 6.42 Å². The van der Waals surface area contributed by atoms with Gasteiger partial charge in [-0.2, -0.15) is 0 Å². The molecule has 6 heteroatoms. The lowest BCUT2D eigenvalue weighted by Gasteiger charge is -2.27. The number of hydrogen-bond donors (Lipinski definition) is 1. The Hall–Kier alpha value is -2.50. The topological polar surface area (TPSA) is 83.6 Å². The van der Waals surface area contributed by atoms with Gasteiger partial charge in [0.05, 0.1) is 11.1 Å². The maximum Gasteiger partial charge on any atom is 0.262 e. The van der Waals surface area contributed by atoms with E-state index >= 15 is 0 Å². The molecular weight excluding hydrogens is 284 g/mol. The van der Waals surface area contributed by atoms with E-state index < -0.39 is 23.8 Å². The van der Waals surface area contributed by atoms with Crippen molar-refractivity contribution in [3.8, 4) is 0 Å². The van der Waals surface area contributed by atoms with E-state index in [2.05, 4.69) is 19.2 Å². The van der Waals surface area contributed by atoms with Gasteiger partial charge in [-0.25, -0.2) is 0 Å². The lowest BCUT2D eigenvalue weighted by atomic mass is 10.0. The molecule has 1 aromatic rings. The van der Waals surface area contributed by atoms with Crippen molar-refractivity contribution in [1.82, 2.24) is 10.2 Å². The molecule has 3 rings (SSSR count). The molecule has 2 aliphatic rings. The number of nitrogens with one attached hydrogen (secondary N) is 1. The first-order valence-corrected chi connectivity index (χ1v) is 7.31. The minimum absolute atomic E-state index is 0.129. The van der Waals surface area contributed by atoms with Crippen molar-refractivity contribution < 1.29 is 19.2 Å². The SMILES string of the molecule is CCC.O=C1CCC(N2C(=O)c3ccccc3C2=O)C(=O)N1. The van der Waals surface area contributed by atoms with Gasteiger partial charge in [0.1, 0.15) is 6.04 Å². The van der Waals surface area contributed by atoms with Gasteiger partial charge in [-0.1, -0.05) is 32.4 Å². The summed E-state index contributed by atoms with van der Waals surface area (Å²) in [6.07, 6.45) is 1.56. The Kier molecular flexibility index (Phi) is 4.70. The van der Waals surface area contributed by atoms with Gasteiger partial charge in [-0.3, -0.25) is 29.4 Å². The van der Waals surface area contributed by atoms with Crippen molar-refractivity contribution in [2.45, 2.75) is 39.2 Å². The van der Waals surface area contributed by atoms with E-state index in [-0.39, 0.29) is 18.7 Å². The lowest BCUT2D eigenvalue weighted by molar-refractivity contribution is -0.136. The van der Waals surface area contributed by atoms with Gasteiger partial charge in [0.15, 0.2) is 0 Å². The molecule has 1 fully saturated rings. The summed E-state index contributed by atoms with van der Waals surface area (Å²) in [7, 11) is 0. The molecule has 0 aromatic heterocycles. The van der Waals surface area contributed by atoms with Crippen LogP contribution >= 0.6 is 0 Å². The van der Waals surface area contributed by atoms with E-state index in [0.29, 0.717) is 11.1 Å². The van der Waals surface area contributed by atoms with Crippen molar-refractivity contribution in [2.24, 2.45) is 0 Å². The molecule has 0 saturated carbocycles. The van der Waals surface area contributed by atoms with Crippen molar-refractivity contribution in [1.29, 1.82) is 0 Å². The second-order valence-corrected chi connectivity index (χ2v) is 5.20. The average molecular weight is 302 g/mol. The van der Waals surface area contributed by atoms with Crippen LogP contribution in [-0.2, 0) is 9.59 Å². The van der Waals surface area contributed by atoms with Gasteiger partial charge >= 0.3 is 0 Å². The fraction of sp³-hybridized carbons (Fsp3) is 0.375. The summed E-state index contributed by atoms with van der Waals surface area (Å²) in [4.78, 5) is 48.1. The van der Waals surface area contributed by atoms with Crippen LogP contribution in [0.15, 0.2) is 24.3 Å². The third kappa shape index (κ3) is 2.77. The molecule has 2 aliphatic heterocycles. The molecule has 1 N–H and O–H groups in total. The van der Waals surface area contributed by atoms with E-state index in [4.69, 9.17) is 0 Å². The molecule has 1 unspecified atom stereocenters. The number of piperidine rings is 1. The van der Waals surface area contributed by atoms with Gasteiger partial charge in [0.2, 0.25) is 11.8 Å². The largest absolute Gasteiger partial charge is 0.295 e. The highest BCUT2D eigenvalue weighted by Crippen LogP contribution is 2.26. The lowest BCUT2D eigenvalue weighted by Crippen LogP contribution is -2.54. The highest BCUT2D eigenvalue weighted by atomic mass is 16.2. The van der Waals surface area contributed by atoms with Gasteiger partial charge < -0.3 is 0 Å². The maximum absolute atomic E-state index is 12.2. The predicted molar refractivity (Wildman–Crippen MR) is 79.1 cm³/mol.